The smallest absolute Gasteiger partial charge is 0.191 e. The Morgan fingerprint density at radius 1 is 1.30 bits per heavy atom. The molecule has 1 fully saturated rings. The molecule has 0 aliphatic carbocycles. The quantitative estimate of drug-likeness (QED) is 0.381. The minimum Gasteiger partial charge on any atom is -0.382 e. The molecule has 118 valence electrons. The maximum Gasteiger partial charge on any atom is 0.191 e. The van der Waals surface area contributed by atoms with Crippen molar-refractivity contribution < 1.29 is 4.74 Å². The van der Waals surface area contributed by atoms with Crippen LogP contribution in [0.4, 0.5) is 0 Å². The van der Waals surface area contributed by atoms with Gasteiger partial charge in [-0.1, -0.05) is 6.92 Å². The lowest BCUT2D eigenvalue weighted by Gasteiger charge is -2.14. The molecule has 20 heavy (non-hydrogen) atoms. The highest BCUT2D eigenvalue weighted by atomic mass is 16.5. The van der Waals surface area contributed by atoms with E-state index in [2.05, 4.69) is 29.4 Å². The minimum atomic E-state index is 0.717. The maximum atomic E-state index is 5.33. The largest absolute Gasteiger partial charge is 0.382 e. The van der Waals surface area contributed by atoms with Gasteiger partial charge in [-0.05, 0) is 45.7 Å². The SMILES string of the molecule is CCNC(=NCC1CCN(CC)C1)NCCCOCC. The Labute approximate surface area is 124 Å². The number of guanidine groups is 1. The van der Waals surface area contributed by atoms with E-state index in [1.165, 1.54) is 19.5 Å². The Morgan fingerprint density at radius 3 is 2.80 bits per heavy atom. The van der Waals surface area contributed by atoms with Gasteiger partial charge in [0.15, 0.2) is 5.96 Å². The lowest BCUT2D eigenvalue weighted by molar-refractivity contribution is 0.145. The van der Waals surface area contributed by atoms with E-state index in [-0.39, 0.29) is 0 Å². The molecule has 1 heterocycles. The zero-order valence-corrected chi connectivity index (χ0v) is 13.5. The normalized spacial score (nSPS) is 20.4. The summed E-state index contributed by atoms with van der Waals surface area (Å²) in [6, 6.07) is 0. The summed E-state index contributed by atoms with van der Waals surface area (Å²) in [6.45, 7) is 14.3. The van der Waals surface area contributed by atoms with Crippen LogP contribution in [0.5, 0.6) is 0 Å². The van der Waals surface area contributed by atoms with Crippen LogP contribution in [0.25, 0.3) is 0 Å². The van der Waals surface area contributed by atoms with Crippen LogP contribution >= 0.6 is 0 Å². The van der Waals surface area contributed by atoms with Gasteiger partial charge in [-0.25, -0.2) is 0 Å². The van der Waals surface area contributed by atoms with E-state index < -0.39 is 0 Å². The Morgan fingerprint density at radius 2 is 2.15 bits per heavy atom. The summed E-state index contributed by atoms with van der Waals surface area (Å²) in [7, 11) is 0. The zero-order chi connectivity index (χ0) is 14.6. The standard InChI is InChI=1S/C15H32N4O/c1-4-16-15(17-9-7-11-20-6-3)18-12-14-8-10-19(5-2)13-14/h14H,4-13H2,1-3H3,(H2,16,17,18). The Kier molecular flexibility index (Phi) is 9.41. The summed E-state index contributed by atoms with van der Waals surface area (Å²) in [5.74, 6) is 1.66. The Bertz CT molecular complexity index is 271. The first-order chi connectivity index (χ1) is 9.80. The number of nitrogens with zero attached hydrogens (tertiary/aromatic N) is 2. The van der Waals surface area contributed by atoms with Crippen molar-refractivity contribution in [2.75, 3.05) is 52.5 Å². The number of nitrogens with one attached hydrogen (secondary N) is 2. The lowest BCUT2D eigenvalue weighted by atomic mass is 10.1. The van der Waals surface area contributed by atoms with Crippen molar-refractivity contribution in [1.82, 2.24) is 15.5 Å². The van der Waals surface area contributed by atoms with Gasteiger partial charge in [-0.15, -0.1) is 0 Å². The summed E-state index contributed by atoms with van der Waals surface area (Å²) >= 11 is 0. The van der Waals surface area contributed by atoms with E-state index in [9.17, 15) is 0 Å². The fourth-order valence-corrected chi connectivity index (χ4v) is 2.44. The van der Waals surface area contributed by atoms with Gasteiger partial charge in [0.25, 0.3) is 0 Å². The minimum absolute atomic E-state index is 0.717. The molecule has 1 aliphatic rings. The van der Waals surface area contributed by atoms with Crippen LogP contribution in [0.2, 0.25) is 0 Å². The van der Waals surface area contributed by atoms with Gasteiger partial charge in [-0.3, -0.25) is 4.99 Å². The van der Waals surface area contributed by atoms with E-state index in [1.54, 1.807) is 0 Å². The second-order valence-corrected chi connectivity index (χ2v) is 5.24. The van der Waals surface area contributed by atoms with Gasteiger partial charge in [0.2, 0.25) is 0 Å². The van der Waals surface area contributed by atoms with E-state index >= 15 is 0 Å². The van der Waals surface area contributed by atoms with E-state index in [4.69, 9.17) is 9.73 Å². The van der Waals surface area contributed by atoms with Crippen molar-refractivity contribution in [3.05, 3.63) is 0 Å². The van der Waals surface area contributed by atoms with Crippen molar-refractivity contribution in [1.29, 1.82) is 0 Å². The molecule has 0 saturated carbocycles. The van der Waals surface area contributed by atoms with Gasteiger partial charge >= 0.3 is 0 Å². The van der Waals surface area contributed by atoms with E-state index in [0.29, 0.717) is 5.92 Å². The van der Waals surface area contributed by atoms with Crippen LogP contribution < -0.4 is 10.6 Å². The van der Waals surface area contributed by atoms with Gasteiger partial charge in [-0.2, -0.15) is 0 Å². The Hall–Kier alpha value is -0.810. The molecule has 1 unspecified atom stereocenters. The fourth-order valence-electron chi connectivity index (χ4n) is 2.44. The number of hydrogen-bond donors (Lipinski definition) is 2. The highest BCUT2D eigenvalue weighted by molar-refractivity contribution is 5.79. The molecule has 1 atom stereocenters. The molecule has 0 aromatic rings. The second kappa shape index (κ2) is 10.9. The second-order valence-electron chi connectivity index (χ2n) is 5.24. The molecule has 1 aliphatic heterocycles. The topological polar surface area (TPSA) is 48.9 Å². The number of likely N-dealkylation sites (tertiary alicyclic amines) is 1. The van der Waals surface area contributed by atoms with Crippen molar-refractivity contribution in [3.8, 4) is 0 Å². The molecular weight excluding hydrogens is 252 g/mol. The summed E-state index contributed by atoms with van der Waals surface area (Å²) in [5.41, 5.74) is 0. The van der Waals surface area contributed by atoms with Crippen LogP contribution in [-0.4, -0.2) is 63.3 Å². The maximum absolute atomic E-state index is 5.33. The first-order valence-corrected chi connectivity index (χ1v) is 8.12. The van der Waals surface area contributed by atoms with Gasteiger partial charge in [0.1, 0.15) is 0 Å². The van der Waals surface area contributed by atoms with Crippen LogP contribution in [0, 0.1) is 5.92 Å². The van der Waals surface area contributed by atoms with Crippen molar-refractivity contribution in [2.24, 2.45) is 10.9 Å². The number of ether oxygens (including phenoxy) is 1. The molecule has 0 amide bonds. The number of rotatable bonds is 9. The van der Waals surface area contributed by atoms with Gasteiger partial charge in [0, 0.05) is 39.4 Å². The fraction of sp³-hybridized carbons (Fsp3) is 0.933. The predicted molar refractivity (Wildman–Crippen MR) is 85.3 cm³/mol. The van der Waals surface area contributed by atoms with Crippen molar-refractivity contribution >= 4 is 5.96 Å². The van der Waals surface area contributed by atoms with Crippen LogP contribution in [-0.2, 0) is 4.74 Å². The number of hydrogen-bond acceptors (Lipinski definition) is 3. The van der Waals surface area contributed by atoms with Crippen molar-refractivity contribution in [2.45, 2.75) is 33.6 Å². The average molecular weight is 284 g/mol. The molecule has 5 nitrogen and oxygen atoms in total. The van der Waals surface area contributed by atoms with E-state index in [0.717, 1.165) is 51.8 Å². The molecule has 0 radical (unpaired) electrons. The third kappa shape index (κ3) is 7.10. The predicted octanol–water partition coefficient (Wildman–Crippen LogP) is 1.31. The molecule has 1 rings (SSSR count). The summed E-state index contributed by atoms with van der Waals surface area (Å²) < 4.78 is 5.33. The zero-order valence-electron chi connectivity index (χ0n) is 13.5. The molecule has 2 N–H and O–H groups in total. The Balaban J connectivity index is 2.24. The van der Waals surface area contributed by atoms with E-state index in [1.807, 2.05) is 6.92 Å². The monoisotopic (exact) mass is 284 g/mol. The first kappa shape index (κ1) is 17.2. The highest BCUT2D eigenvalue weighted by Crippen LogP contribution is 2.15. The molecule has 5 heteroatoms. The van der Waals surface area contributed by atoms with Crippen LogP contribution in [0.15, 0.2) is 4.99 Å². The van der Waals surface area contributed by atoms with Gasteiger partial charge in [0.05, 0.1) is 0 Å². The van der Waals surface area contributed by atoms with Gasteiger partial charge < -0.3 is 20.3 Å². The molecule has 0 aromatic carbocycles. The van der Waals surface area contributed by atoms with Crippen molar-refractivity contribution in [3.63, 3.8) is 0 Å². The summed E-state index contributed by atoms with van der Waals surface area (Å²) in [5, 5.41) is 6.68. The van der Waals surface area contributed by atoms with Crippen LogP contribution in [0.1, 0.15) is 33.6 Å². The molecule has 1 saturated heterocycles. The molecule has 0 aromatic heterocycles. The molecule has 0 spiro atoms. The highest BCUT2D eigenvalue weighted by Gasteiger charge is 2.20. The van der Waals surface area contributed by atoms with Crippen LogP contribution in [0.3, 0.4) is 0 Å². The molecule has 0 bridgehead atoms. The molecular formula is C15H32N4O. The lowest BCUT2D eigenvalue weighted by Crippen LogP contribution is -2.38. The first-order valence-electron chi connectivity index (χ1n) is 8.12. The summed E-state index contributed by atoms with van der Waals surface area (Å²) in [6.07, 6.45) is 2.30. The summed E-state index contributed by atoms with van der Waals surface area (Å²) in [4.78, 5) is 7.21. The third-order valence-corrected chi connectivity index (χ3v) is 3.63. The average Bonchev–Trinajstić information content (AvgIpc) is 2.92. The number of aliphatic imine (C=N–C) groups is 1. The third-order valence-electron chi connectivity index (χ3n) is 3.63.